The van der Waals surface area contributed by atoms with Crippen LogP contribution >= 0.6 is 0 Å². The van der Waals surface area contributed by atoms with E-state index in [2.05, 4.69) is 5.32 Å². The first kappa shape index (κ1) is 18.4. The van der Waals surface area contributed by atoms with Crippen LogP contribution in [-0.4, -0.2) is 28.7 Å². The van der Waals surface area contributed by atoms with Gasteiger partial charge < -0.3 is 14.6 Å². The third-order valence-electron chi connectivity index (χ3n) is 4.48. The van der Waals surface area contributed by atoms with E-state index in [1.165, 1.54) is 9.13 Å². The third kappa shape index (κ3) is 3.76. The Hall–Kier alpha value is -3.35. The summed E-state index contributed by atoms with van der Waals surface area (Å²) < 4.78 is 7.81. The maximum atomic E-state index is 12.4. The third-order valence-corrected chi connectivity index (χ3v) is 4.48. The predicted octanol–water partition coefficient (Wildman–Crippen LogP) is 1.07. The summed E-state index contributed by atoms with van der Waals surface area (Å²) >= 11 is 0. The highest BCUT2D eigenvalue weighted by Gasteiger charge is 2.13. The Labute approximate surface area is 155 Å². The fourth-order valence-corrected chi connectivity index (χ4v) is 3.06. The van der Waals surface area contributed by atoms with Crippen molar-refractivity contribution in [1.29, 1.82) is 0 Å². The van der Waals surface area contributed by atoms with E-state index in [0.29, 0.717) is 24.0 Å². The van der Waals surface area contributed by atoms with Gasteiger partial charge in [0, 0.05) is 13.6 Å². The molecule has 27 heavy (non-hydrogen) atoms. The number of carbonyl (C=O) groups is 1. The lowest BCUT2D eigenvalue weighted by Gasteiger charge is -2.13. The van der Waals surface area contributed by atoms with E-state index in [0.717, 1.165) is 11.3 Å². The minimum atomic E-state index is -0.712. The number of methoxy groups -OCH3 is 1. The summed E-state index contributed by atoms with van der Waals surface area (Å²) in [7, 11) is 3.15. The Morgan fingerprint density at radius 1 is 1.00 bits per heavy atom. The van der Waals surface area contributed by atoms with E-state index in [9.17, 15) is 14.4 Å². The summed E-state index contributed by atoms with van der Waals surface area (Å²) in [4.78, 5) is 36.8. The van der Waals surface area contributed by atoms with Gasteiger partial charge in [-0.15, -0.1) is 0 Å². The Kier molecular flexibility index (Phi) is 5.40. The molecule has 0 aliphatic rings. The van der Waals surface area contributed by atoms with Crippen molar-refractivity contribution in [2.24, 2.45) is 7.05 Å². The van der Waals surface area contributed by atoms with E-state index in [1.54, 1.807) is 38.4 Å². The van der Waals surface area contributed by atoms with E-state index in [-0.39, 0.29) is 12.5 Å². The minimum Gasteiger partial charge on any atom is -0.496 e. The first-order chi connectivity index (χ1) is 13.0. The second-order valence-electron chi connectivity index (χ2n) is 6.16. The number of fused-ring (bicyclic) bond motifs is 1. The Morgan fingerprint density at radius 3 is 2.41 bits per heavy atom. The van der Waals surface area contributed by atoms with Crippen LogP contribution in [0.3, 0.4) is 0 Å². The molecule has 140 valence electrons. The fraction of sp³-hybridized carbons (Fsp3) is 0.250. The minimum absolute atomic E-state index is 0.207. The maximum absolute atomic E-state index is 12.4. The molecule has 0 atom stereocenters. The molecule has 0 radical (unpaired) electrons. The Balaban J connectivity index is 1.75. The van der Waals surface area contributed by atoms with Crippen LogP contribution in [0.1, 0.15) is 5.56 Å². The van der Waals surface area contributed by atoms with Gasteiger partial charge in [0.2, 0.25) is 5.91 Å². The van der Waals surface area contributed by atoms with Crippen molar-refractivity contribution in [3.63, 3.8) is 0 Å². The highest BCUT2D eigenvalue weighted by Crippen LogP contribution is 2.17. The van der Waals surface area contributed by atoms with Gasteiger partial charge in [-0.2, -0.15) is 0 Å². The number of carbonyl (C=O) groups excluding carboxylic acids is 1. The highest BCUT2D eigenvalue weighted by molar-refractivity contribution is 5.80. The number of benzene rings is 2. The molecule has 0 aliphatic heterocycles. The standard InChI is InChI=1S/C20H21N3O4/c1-22-15-8-4-5-9-16(15)23(20(26)19(22)25)13-18(24)21-12-11-14-7-3-6-10-17(14)27-2/h3-10H,11-13H2,1-2H3,(H,21,24). The van der Waals surface area contributed by atoms with Gasteiger partial charge in [-0.3, -0.25) is 19.0 Å². The average molecular weight is 367 g/mol. The lowest BCUT2D eigenvalue weighted by atomic mass is 10.1. The molecule has 1 N–H and O–H groups in total. The number of nitrogens with one attached hydrogen (secondary N) is 1. The number of amides is 1. The second kappa shape index (κ2) is 7.90. The van der Waals surface area contributed by atoms with Gasteiger partial charge >= 0.3 is 11.1 Å². The number of para-hydroxylation sites is 3. The van der Waals surface area contributed by atoms with Crippen LogP contribution in [0.2, 0.25) is 0 Å². The van der Waals surface area contributed by atoms with Gasteiger partial charge in [0.1, 0.15) is 12.3 Å². The number of aromatic nitrogens is 2. The van der Waals surface area contributed by atoms with Crippen molar-refractivity contribution in [2.75, 3.05) is 13.7 Å². The first-order valence-electron chi connectivity index (χ1n) is 8.60. The normalized spacial score (nSPS) is 10.7. The van der Waals surface area contributed by atoms with E-state index in [1.807, 2.05) is 24.3 Å². The molecule has 1 aromatic heterocycles. The largest absolute Gasteiger partial charge is 0.496 e. The molecule has 0 fully saturated rings. The Morgan fingerprint density at radius 2 is 1.67 bits per heavy atom. The summed E-state index contributed by atoms with van der Waals surface area (Å²) in [6.45, 7) is 0.193. The average Bonchev–Trinajstić information content (AvgIpc) is 2.70. The number of nitrogens with zero attached hydrogens (tertiary/aromatic N) is 2. The zero-order valence-corrected chi connectivity index (χ0v) is 15.3. The van der Waals surface area contributed by atoms with Crippen LogP contribution in [-0.2, 0) is 24.8 Å². The van der Waals surface area contributed by atoms with E-state index in [4.69, 9.17) is 4.74 Å². The van der Waals surface area contributed by atoms with Gasteiger partial charge in [-0.25, -0.2) is 0 Å². The van der Waals surface area contributed by atoms with Crippen LogP contribution < -0.4 is 21.2 Å². The lowest BCUT2D eigenvalue weighted by molar-refractivity contribution is -0.121. The molecule has 1 heterocycles. The molecule has 0 saturated carbocycles. The van der Waals surface area contributed by atoms with Crippen molar-refractivity contribution in [2.45, 2.75) is 13.0 Å². The number of aryl methyl sites for hydroxylation is 1. The van der Waals surface area contributed by atoms with Gasteiger partial charge in [0.25, 0.3) is 0 Å². The maximum Gasteiger partial charge on any atom is 0.317 e. The molecule has 0 bridgehead atoms. The number of rotatable bonds is 6. The molecular weight excluding hydrogens is 346 g/mol. The lowest BCUT2D eigenvalue weighted by Crippen LogP contribution is -2.43. The predicted molar refractivity (Wildman–Crippen MR) is 103 cm³/mol. The van der Waals surface area contributed by atoms with Crippen LogP contribution in [0.15, 0.2) is 58.1 Å². The highest BCUT2D eigenvalue weighted by atomic mass is 16.5. The van der Waals surface area contributed by atoms with Gasteiger partial charge in [0.05, 0.1) is 18.1 Å². The summed E-state index contributed by atoms with van der Waals surface area (Å²) in [6.07, 6.45) is 0.599. The molecule has 0 unspecified atom stereocenters. The monoisotopic (exact) mass is 367 g/mol. The second-order valence-corrected chi connectivity index (χ2v) is 6.16. The fourth-order valence-electron chi connectivity index (χ4n) is 3.06. The summed E-state index contributed by atoms with van der Waals surface area (Å²) in [5, 5.41) is 2.79. The van der Waals surface area contributed by atoms with Crippen LogP contribution in [0.5, 0.6) is 5.75 Å². The SMILES string of the molecule is COc1ccccc1CCNC(=O)Cn1c(=O)c(=O)n(C)c2ccccc21. The molecular formula is C20H21N3O4. The molecule has 0 aliphatic carbocycles. The Bertz CT molecular complexity index is 1100. The van der Waals surface area contributed by atoms with Crippen molar-refractivity contribution in [3.8, 4) is 5.75 Å². The van der Waals surface area contributed by atoms with Crippen molar-refractivity contribution < 1.29 is 9.53 Å². The van der Waals surface area contributed by atoms with Crippen LogP contribution in [0.25, 0.3) is 11.0 Å². The summed E-state index contributed by atoms with van der Waals surface area (Å²) in [5.74, 6) is 0.436. The molecule has 0 saturated heterocycles. The topological polar surface area (TPSA) is 82.3 Å². The molecule has 7 heteroatoms. The molecule has 7 nitrogen and oxygen atoms in total. The smallest absolute Gasteiger partial charge is 0.317 e. The molecule has 3 aromatic rings. The zero-order chi connectivity index (χ0) is 19.4. The molecule has 0 spiro atoms. The first-order valence-corrected chi connectivity index (χ1v) is 8.60. The van der Waals surface area contributed by atoms with Crippen molar-refractivity contribution in [3.05, 3.63) is 74.8 Å². The molecule has 2 aromatic carbocycles. The summed E-state index contributed by atoms with van der Waals surface area (Å²) in [6, 6.07) is 14.6. The van der Waals surface area contributed by atoms with Crippen LogP contribution in [0, 0.1) is 0 Å². The van der Waals surface area contributed by atoms with E-state index < -0.39 is 11.1 Å². The molecule has 1 amide bonds. The number of hydrogen-bond donors (Lipinski definition) is 1. The quantitative estimate of drug-likeness (QED) is 0.661. The number of ether oxygens (including phenoxy) is 1. The van der Waals surface area contributed by atoms with Crippen molar-refractivity contribution in [1.82, 2.24) is 14.5 Å². The summed E-state index contributed by atoms with van der Waals surface area (Å²) in [5.41, 5.74) is 0.761. The number of hydrogen-bond acceptors (Lipinski definition) is 4. The van der Waals surface area contributed by atoms with E-state index >= 15 is 0 Å². The zero-order valence-electron chi connectivity index (χ0n) is 15.3. The van der Waals surface area contributed by atoms with Gasteiger partial charge in [0.15, 0.2) is 0 Å². The van der Waals surface area contributed by atoms with Gasteiger partial charge in [-0.1, -0.05) is 30.3 Å². The van der Waals surface area contributed by atoms with Gasteiger partial charge in [-0.05, 0) is 30.2 Å². The van der Waals surface area contributed by atoms with Crippen LogP contribution in [0.4, 0.5) is 0 Å². The molecule has 3 rings (SSSR count). The van der Waals surface area contributed by atoms with Crippen molar-refractivity contribution >= 4 is 16.9 Å².